The fourth-order valence-corrected chi connectivity index (χ4v) is 2.10. The number of aromatic amines is 1. The molecule has 2 aromatic heterocycles. The SMILES string of the molecule is NCCc1cc(Cc2cccs2)[nH]n1. The zero-order valence-electron chi connectivity index (χ0n) is 7.86. The molecule has 3 nitrogen and oxygen atoms in total. The van der Waals surface area contributed by atoms with Crippen molar-refractivity contribution in [3.8, 4) is 0 Å². The van der Waals surface area contributed by atoms with E-state index in [4.69, 9.17) is 5.73 Å². The first-order valence-corrected chi connectivity index (χ1v) is 5.52. The monoisotopic (exact) mass is 207 g/mol. The van der Waals surface area contributed by atoms with E-state index in [2.05, 4.69) is 33.8 Å². The molecule has 2 aromatic rings. The molecule has 74 valence electrons. The Morgan fingerprint density at radius 3 is 3.14 bits per heavy atom. The summed E-state index contributed by atoms with van der Waals surface area (Å²) in [6.07, 6.45) is 1.79. The van der Waals surface area contributed by atoms with Crippen molar-refractivity contribution in [2.75, 3.05) is 6.54 Å². The standard InChI is InChI=1S/C10H13N3S/c11-4-3-8-6-9(13-12-8)7-10-2-1-5-14-10/h1-2,5-6H,3-4,7,11H2,(H,12,13). The molecule has 0 saturated heterocycles. The smallest absolute Gasteiger partial charge is 0.0637 e. The molecule has 3 N–H and O–H groups in total. The van der Waals surface area contributed by atoms with Crippen LogP contribution in [-0.2, 0) is 12.8 Å². The average Bonchev–Trinajstić information content (AvgIpc) is 2.79. The van der Waals surface area contributed by atoms with E-state index in [1.165, 1.54) is 4.88 Å². The van der Waals surface area contributed by atoms with E-state index >= 15 is 0 Å². The number of rotatable bonds is 4. The molecule has 0 amide bonds. The van der Waals surface area contributed by atoms with Gasteiger partial charge in [-0.25, -0.2) is 0 Å². The van der Waals surface area contributed by atoms with Crippen LogP contribution in [0.2, 0.25) is 0 Å². The largest absolute Gasteiger partial charge is 0.330 e. The van der Waals surface area contributed by atoms with Gasteiger partial charge in [-0.3, -0.25) is 5.10 Å². The molecule has 4 heteroatoms. The summed E-state index contributed by atoms with van der Waals surface area (Å²) in [7, 11) is 0. The van der Waals surface area contributed by atoms with Crippen LogP contribution in [0.15, 0.2) is 23.6 Å². The fourth-order valence-electron chi connectivity index (χ4n) is 1.38. The molecule has 0 fully saturated rings. The Bertz CT molecular complexity index is 378. The van der Waals surface area contributed by atoms with Gasteiger partial charge in [-0.1, -0.05) is 6.07 Å². The van der Waals surface area contributed by atoms with E-state index in [1.807, 2.05) is 0 Å². The number of nitrogens with one attached hydrogen (secondary N) is 1. The first kappa shape index (κ1) is 9.43. The molecule has 0 aliphatic heterocycles. The van der Waals surface area contributed by atoms with Crippen LogP contribution in [0.1, 0.15) is 16.3 Å². The van der Waals surface area contributed by atoms with E-state index in [0.29, 0.717) is 6.54 Å². The van der Waals surface area contributed by atoms with Gasteiger partial charge in [0.2, 0.25) is 0 Å². The van der Waals surface area contributed by atoms with E-state index in [1.54, 1.807) is 11.3 Å². The molecular weight excluding hydrogens is 194 g/mol. The van der Waals surface area contributed by atoms with Crippen molar-refractivity contribution in [3.05, 3.63) is 39.8 Å². The third-order valence-corrected chi connectivity index (χ3v) is 2.91. The van der Waals surface area contributed by atoms with E-state index in [0.717, 1.165) is 24.2 Å². The second-order valence-corrected chi connectivity index (χ2v) is 4.21. The van der Waals surface area contributed by atoms with Crippen LogP contribution in [0.5, 0.6) is 0 Å². The molecule has 2 heterocycles. The Hall–Kier alpha value is -1.13. The summed E-state index contributed by atoms with van der Waals surface area (Å²) >= 11 is 1.77. The molecule has 0 spiro atoms. The van der Waals surface area contributed by atoms with E-state index < -0.39 is 0 Å². The molecule has 0 radical (unpaired) electrons. The summed E-state index contributed by atoms with van der Waals surface area (Å²) in [4.78, 5) is 1.35. The van der Waals surface area contributed by atoms with Gasteiger partial charge in [-0.05, 0) is 24.1 Å². The van der Waals surface area contributed by atoms with Crippen molar-refractivity contribution >= 4 is 11.3 Å². The van der Waals surface area contributed by atoms with Gasteiger partial charge in [0.1, 0.15) is 0 Å². The number of hydrogen-bond donors (Lipinski definition) is 2. The highest BCUT2D eigenvalue weighted by atomic mass is 32.1. The predicted octanol–water partition coefficient (Wildman–Crippen LogP) is 1.56. The Labute approximate surface area is 87.0 Å². The second-order valence-electron chi connectivity index (χ2n) is 3.18. The molecule has 2 rings (SSSR count). The summed E-state index contributed by atoms with van der Waals surface area (Å²) < 4.78 is 0. The van der Waals surface area contributed by atoms with Crippen LogP contribution < -0.4 is 5.73 Å². The maximum Gasteiger partial charge on any atom is 0.0637 e. The minimum absolute atomic E-state index is 0.656. The number of thiophene rings is 1. The van der Waals surface area contributed by atoms with Crippen molar-refractivity contribution in [3.63, 3.8) is 0 Å². The summed E-state index contributed by atoms with van der Waals surface area (Å²) in [5.41, 5.74) is 7.67. The minimum Gasteiger partial charge on any atom is -0.330 e. The van der Waals surface area contributed by atoms with Gasteiger partial charge in [-0.2, -0.15) is 5.10 Å². The van der Waals surface area contributed by atoms with E-state index in [-0.39, 0.29) is 0 Å². The lowest BCUT2D eigenvalue weighted by Gasteiger charge is -1.91. The highest BCUT2D eigenvalue weighted by Crippen LogP contribution is 2.13. The van der Waals surface area contributed by atoms with Crippen LogP contribution >= 0.6 is 11.3 Å². The average molecular weight is 207 g/mol. The van der Waals surface area contributed by atoms with Gasteiger partial charge >= 0.3 is 0 Å². The number of nitrogens with zero attached hydrogens (tertiary/aromatic N) is 1. The molecule has 0 aromatic carbocycles. The minimum atomic E-state index is 0.656. The summed E-state index contributed by atoms with van der Waals surface area (Å²) in [6, 6.07) is 6.29. The highest BCUT2D eigenvalue weighted by Gasteiger charge is 2.01. The molecule has 14 heavy (non-hydrogen) atoms. The van der Waals surface area contributed by atoms with Crippen LogP contribution in [0.25, 0.3) is 0 Å². The molecule has 0 aliphatic carbocycles. The van der Waals surface area contributed by atoms with Gasteiger partial charge in [0.15, 0.2) is 0 Å². The van der Waals surface area contributed by atoms with E-state index in [9.17, 15) is 0 Å². The number of hydrogen-bond acceptors (Lipinski definition) is 3. The maximum atomic E-state index is 5.45. The zero-order valence-corrected chi connectivity index (χ0v) is 8.68. The number of nitrogens with two attached hydrogens (primary N) is 1. The molecule has 0 aliphatic rings. The molecule has 0 saturated carbocycles. The lowest BCUT2D eigenvalue weighted by molar-refractivity contribution is 0.894. The first-order chi connectivity index (χ1) is 6.88. The highest BCUT2D eigenvalue weighted by molar-refractivity contribution is 7.09. The van der Waals surface area contributed by atoms with Crippen LogP contribution in [0.3, 0.4) is 0 Å². The van der Waals surface area contributed by atoms with Gasteiger partial charge in [0.25, 0.3) is 0 Å². The number of aromatic nitrogens is 2. The van der Waals surface area contributed by atoms with Crippen LogP contribution in [0.4, 0.5) is 0 Å². The number of H-pyrrole nitrogens is 1. The third-order valence-electron chi connectivity index (χ3n) is 2.03. The Morgan fingerprint density at radius 2 is 2.43 bits per heavy atom. The van der Waals surface area contributed by atoms with Crippen molar-refractivity contribution in [2.24, 2.45) is 5.73 Å². The van der Waals surface area contributed by atoms with Crippen molar-refractivity contribution in [1.29, 1.82) is 0 Å². The zero-order chi connectivity index (χ0) is 9.80. The van der Waals surface area contributed by atoms with Gasteiger partial charge < -0.3 is 5.73 Å². The van der Waals surface area contributed by atoms with Crippen molar-refractivity contribution in [2.45, 2.75) is 12.8 Å². The Morgan fingerprint density at radius 1 is 1.50 bits per heavy atom. The Balaban J connectivity index is 2.03. The van der Waals surface area contributed by atoms with Crippen molar-refractivity contribution < 1.29 is 0 Å². The van der Waals surface area contributed by atoms with Crippen LogP contribution in [-0.4, -0.2) is 16.7 Å². The van der Waals surface area contributed by atoms with Crippen molar-refractivity contribution in [1.82, 2.24) is 10.2 Å². The summed E-state index contributed by atoms with van der Waals surface area (Å²) in [5.74, 6) is 0. The molecule has 0 bridgehead atoms. The molecule has 0 unspecified atom stereocenters. The van der Waals surface area contributed by atoms with Gasteiger partial charge in [0.05, 0.1) is 5.69 Å². The predicted molar refractivity (Wildman–Crippen MR) is 58.5 cm³/mol. The van der Waals surface area contributed by atoms with Gasteiger partial charge in [-0.15, -0.1) is 11.3 Å². The first-order valence-electron chi connectivity index (χ1n) is 4.64. The normalized spacial score (nSPS) is 10.6. The maximum absolute atomic E-state index is 5.45. The lowest BCUT2D eigenvalue weighted by atomic mass is 10.2. The molecular formula is C10H13N3S. The topological polar surface area (TPSA) is 54.7 Å². The molecule has 0 atom stereocenters. The summed E-state index contributed by atoms with van der Waals surface area (Å²) in [5, 5.41) is 9.31. The third kappa shape index (κ3) is 2.21. The quantitative estimate of drug-likeness (QED) is 0.799. The van der Waals surface area contributed by atoms with Crippen LogP contribution in [0, 0.1) is 0 Å². The second kappa shape index (κ2) is 4.39. The lowest BCUT2D eigenvalue weighted by Crippen LogP contribution is -2.02. The Kier molecular flexibility index (Phi) is 2.96. The fraction of sp³-hybridized carbons (Fsp3) is 0.300. The van der Waals surface area contributed by atoms with Gasteiger partial charge in [0, 0.05) is 23.4 Å². The summed E-state index contributed by atoms with van der Waals surface area (Å²) in [6.45, 7) is 0.656.